The Bertz CT molecular complexity index is 134. The van der Waals surface area contributed by atoms with E-state index in [4.69, 9.17) is 11.6 Å². The van der Waals surface area contributed by atoms with E-state index in [1.165, 1.54) is 0 Å². The summed E-state index contributed by atoms with van der Waals surface area (Å²) in [5, 5.41) is 0. The Labute approximate surface area is 66.3 Å². The monoisotopic (exact) mass is 190 g/mol. The summed E-state index contributed by atoms with van der Waals surface area (Å²) >= 11 is 4.99. The number of alkyl halides is 4. The van der Waals surface area contributed by atoms with Gasteiger partial charge in [-0.1, -0.05) is 0 Å². The zero-order chi connectivity index (χ0) is 8.91. The summed E-state index contributed by atoms with van der Waals surface area (Å²) in [5.74, 6) is -0.881. The quantitative estimate of drug-likeness (QED) is 0.626. The van der Waals surface area contributed by atoms with Crippen LogP contribution in [0.15, 0.2) is 0 Å². The first kappa shape index (κ1) is 10.7. The van der Waals surface area contributed by atoms with Gasteiger partial charge >= 0.3 is 6.18 Å². The molecule has 0 saturated carbocycles. The SMILES string of the molecule is O=C(CCl)COCC(F)(F)F. The van der Waals surface area contributed by atoms with Crippen molar-refractivity contribution in [3.05, 3.63) is 0 Å². The highest BCUT2D eigenvalue weighted by atomic mass is 35.5. The normalized spacial score (nSPS) is 11.6. The van der Waals surface area contributed by atoms with E-state index in [0.717, 1.165) is 0 Å². The molecule has 0 radical (unpaired) electrons. The van der Waals surface area contributed by atoms with Crippen LogP contribution in [0.4, 0.5) is 13.2 Å². The van der Waals surface area contributed by atoms with E-state index in [2.05, 4.69) is 4.74 Å². The smallest absolute Gasteiger partial charge is 0.364 e. The van der Waals surface area contributed by atoms with Crippen LogP contribution in [-0.4, -0.2) is 31.1 Å². The van der Waals surface area contributed by atoms with Crippen LogP contribution in [0.5, 0.6) is 0 Å². The van der Waals surface area contributed by atoms with E-state index in [9.17, 15) is 18.0 Å². The molecule has 0 fully saturated rings. The fraction of sp³-hybridized carbons (Fsp3) is 0.800. The Kier molecular flexibility index (Phi) is 4.44. The Morgan fingerprint density at radius 2 is 2.00 bits per heavy atom. The molecule has 0 saturated heterocycles. The number of rotatable bonds is 4. The van der Waals surface area contributed by atoms with E-state index >= 15 is 0 Å². The minimum absolute atomic E-state index is 0.322. The molecule has 0 aliphatic carbocycles. The summed E-state index contributed by atoms with van der Waals surface area (Å²) in [6.07, 6.45) is -4.38. The molecular formula is C5H6ClF3O2. The lowest BCUT2D eigenvalue weighted by molar-refractivity contribution is -0.174. The molecule has 66 valence electrons. The average Bonchev–Trinajstić information content (AvgIpc) is 1.85. The van der Waals surface area contributed by atoms with Gasteiger partial charge in [-0.3, -0.25) is 4.79 Å². The number of ether oxygens (including phenoxy) is 1. The van der Waals surface area contributed by atoms with Crippen LogP contribution in [0.3, 0.4) is 0 Å². The lowest BCUT2D eigenvalue weighted by atomic mass is 10.5. The summed E-state index contributed by atoms with van der Waals surface area (Å²) < 4.78 is 38.0. The number of carbonyl (C=O) groups excluding carboxylic acids is 1. The first-order chi connectivity index (χ1) is 4.95. The van der Waals surface area contributed by atoms with E-state index in [0.29, 0.717) is 0 Å². The molecular weight excluding hydrogens is 184 g/mol. The summed E-state index contributed by atoms with van der Waals surface area (Å²) in [7, 11) is 0. The zero-order valence-corrected chi connectivity index (χ0v) is 6.21. The Hall–Kier alpha value is -0.290. The molecule has 0 aliphatic heterocycles. The third-order valence-corrected chi connectivity index (χ3v) is 0.976. The number of halogens is 4. The molecule has 6 heteroatoms. The summed E-state index contributed by atoms with van der Waals surface area (Å²) in [4.78, 5) is 10.3. The van der Waals surface area contributed by atoms with E-state index in [1.54, 1.807) is 0 Å². The molecule has 0 atom stereocenters. The van der Waals surface area contributed by atoms with Gasteiger partial charge in [0.25, 0.3) is 0 Å². The Morgan fingerprint density at radius 3 is 2.36 bits per heavy atom. The third-order valence-electron chi connectivity index (χ3n) is 0.678. The summed E-state index contributed by atoms with van der Waals surface area (Å²) in [5.41, 5.74) is 0. The van der Waals surface area contributed by atoms with Gasteiger partial charge in [0.15, 0.2) is 5.78 Å². The highest BCUT2D eigenvalue weighted by Crippen LogP contribution is 2.14. The van der Waals surface area contributed by atoms with Crippen LogP contribution in [0.25, 0.3) is 0 Å². The summed E-state index contributed by atoms with van der Waals surface area (Å²) in [6, 6.07) is 0. The predicted molar refractivity (Wildman–Crippen MR) is 32.6 cm³/mol. The standard InChI is InChI=1S/C5H6ClF3O2/c6-1-4(10)2-11-3-5(7,8)9/h1-3H2. The molecule has 0 unspecified atom stereocenters. The van der Waals surface area contributed by atoms with Gasteiger partial charge in [-0.05, 0) is 0 Å². The lowest BCUT2D eigenvalue weighted by Gasteiger charge is -2.05. The maximum atomic E-state index is 11.3. The number of carbonyl (C=O) groups is 1. The number of Topliss-reactive ketones (excluding diaryl/α,β-unsaturated/α-hetero) is 1. The molecule has 0 aromatic heterocycles. The van der Waals surface area contributed by atoms with Crippen molar-refractivity contribution in [1.29, 1.82) is 0 Å². The second-order valence-electron chi connectivity index (χ2n) is 1.78. The van der Waals surface area contributed by atoms with Crippen molar-refractivity contribution in [2.45, 2.75) is 6.18 Å². The minimum Gasteiger partial charge on any atom is -0.364 e. The van der Waals surface area contributed by atoms with Crippen molar-refractivity contribution in [3.8, 4) is 0 Å². The topological polar surface area (TPSA) is 26.3 Å². The molecule has 0 N–H and O–H groups in total. The lowest BCUT2D eigenvalue weighted by Crippen LogP contribution is -2.20. The highest BCUT2D eigenvalue weighted by molar-refractivity contribution is 6.27. The van der Waals surface area contributed by atoms with Crippen molar-refractivity contribution in [3.63, 3.8) is 0 Å². The van der Waals surface area contributed by atoms with Crippen LogP contribution in [0.1, 0.15) is 0 Å². The predicted octanol–water partition coefficient (Wildman–Crippen LogP) is 1.37. The maximum absolute atomic E-state index is 11.3. The first-order valence-electron chi connectivity index (χ1n) is 2.68. The highest BCUT2D eigenvalue weighted by Gasteiger charge is 2.27. The molecule has 2 nitrogen and oxygen atoms in total. The van der Waals surface area contributed by atoms with Gasteiger partial charge < -0.3 is 4.74 Å². The molecule has 0 aromatic carbocycles. The molecule has 0 aliphatic rings. The summed E-state index contributed by atoms with van der Waals surface area (Å²) in [6.45, 7) is -1.99. The number of ketones is 1. The number of hydrogen-bond donors (Lipinski definition) is 0. The van der Waals surface area contributed by atoms with E-state index < -0.39 is 25.2 Å². The molecule has 0 amide bonds. The van der Waals surface area contributed by atoms with Gasteiger partial charge in [-0.25, -0.2) is 0 Å². The second kappa shape index (κ2) is 4.56. The van der Waals surface area contributed by atoms with Crippen molar-refractivity contribution >= 4 is 17.4 Å². The van der Waals surface area contributed by atoms with Crippen LogP contribution in [0.2, 0.25) is 0 Å². The van der Waals surface area contributed by atoms with Crippen LogP contribution < -0.4 is 0 Å². The largest absolute Gasteiger partial charge is 0.411 e. The molecule has 0 heterocycles. The first-order valence-corrected chi connectivity index (χ1v) is 3.21. The third kappa shape index (κ3) is 7.61. The minimum atomic E-state index is -4.38. The van der Waals surface area contributed by atoms with Crippen molar-refractivity contribution < 1.29 is 22.7 Å². The Balaban J connectivity index is 3.35. The van der Waals surface area contributed by atoms with Crippen LogP contribution >= 0.6 is 11.6 Å². The fourth-order valence-electron chi connectivity index (χ4n) is 0.319. The second-order valence-corrected chi connectivity index (χ2v) is 2.05. The van der Waals surface area contributed by atoms with Gasteiger partial charge in [0.1, 0.15) is 13.2 Å². The fourth-order valence-corrected chi connectivity index (χ4v) is 0.396. The van der Waals surface area contributed by atoms with Gasteiger partial charge in [-0.2, -0.15) is 13.2 Å². The molecule has 0 bridgehead atoms. The van der Waals surface area contributed by atoms with Gasteiger partial charge in [0.2, 0.25) is 0 Å². The van der Waals surface area contributed by atoms with Crippen LogP contribution in [0, 0.1) is 0 Å². The van der Waals surface area contributed by atoms with Crippen molar-refractivity contribution in [2.75, 3.05) is 19.1 Å². The molecule has 0 spiro atoms. The maximum Gasteiger partial charge on any atom is 0.411 e. The van der Waals surface area contributed by atoms with Crippen molar-refractivity contribution in [2.24, 2.45) is 0 Å². The Morgan fingerprint density at radius 1 is 1.45 bits per heavy atom. The van der Waals surface area contributed by atoms with Gasteiger partial charge in [0, 0.05) is 0 Å². The molecule has 0 aromatic rings. The number of hydrogen-bond acceptors (Lipinski definition) is 2. The van der Waals surface area contributed by atoms with E-state index in [-0.39, 0.29) is 5.88 Å². The van der Waals surface area contributed by atoms with Crippen LogP contribution in [-0.2, 0) is 9.53 Å². The zero-order valence-electron chi connectivity index (χ0n) is 5.45. The van der Waals surface area contributed by atoms with Crippen molar-refractivity contribution in [1.82, 2.24) is 0 Å². The average molecular weight is 191 g/mol. The van der Waals surface area contributed by atoms with Gasteiger partial charge in [0.05, 0.1) is 5.88 Å². The molecule has 0 rings (SSSR count). The molecule has 11 heavy (non-hydrogen) atoms. The van der Waals surface area contributed by atoms with Gasteiger partial charge in [-0.15, -0.1) is 11.6 Å². The van der Waals surface area contributed by atoms with E-state index in [1.807, 2.05) is 0 Å².